The molecule has 1 aliphatic rings. The van der Waals surface area contributed by atoms with Crippen LogP contribution in [0.1, 0.15) is 24.8 Å². The number of β-amino-alcohol motifs (C(OH)–C–C–N with tert-alkyl or cyclic N) is 1. The zero-order valence-corrected chi connectivity index (χ0v) is 13.6. The molecular formula is C17H27NO4. The summed E-state index contributed by atoms with van der Waals surface area (Å²) < 4.78 is 16.2. The third kappa shape index (κ3) is 5.48. The molecule has 0 spiro atoms. The minimum Gasteiger partial charge on any atom is -0.487 e. The molecule has 1 aliphatic heterocycles. The molecule has 1 atom stereocenters. The molecule has 1 fully saturated rings. The Balaban J connectivity index is 1.84. The van der Waals surface area contributed by atoms with Crippen LogP contribution >= 0.6 is 0 Å². The molecule has 1 unspecified atom stereocenters. The molecule has 0 saturated carbocycles. The van der Waals surface area contributed by atoms with E-state index in [0.717, 1.165) is 18.7 Å². The van der Waals surface area contributed by atoms with Crippen LogP contribution < -0.4 is 9.47 Å². The summed E-state index contributed by atoms with van der Waals surface area (Å²) in [5.74, 6) is 1.28. The van der Waals surface area contributed by atoms with Gasteiger partial charge in [-0.3, -0.25) is 0 Å². The van der Waals surface area contributed by atoms with Gasteiger partial charge in [0.05, 0.1) is 0 Å². The van der Waals surface area contributed by atoms with Crippen LogP contribution in [-0.2, 0) is 4.74 Å². The van der Waals surface area contributed by atoms with Crippen LogP contribution in [0.5, 0.6) is 11.5 Å². The van der Waals surface area contributed by atoms with Gasteiger partial charge in [0.1, 0.15) is 12.7 Å². The van der Waals surface area contributed by atoms with Crippen LogP contribution in [0.4, 0.5) is 0 Å². The number of aryl methyl sites for hydroxylation is 1. The lowest BCUT2D eigenvalue weighted by molar-refractivity contribution is 0.0421. The normalized spacial score (nSPS) is 17.2. The van der Waals surface area contributed by atoms with Crippen LogP contribution in [0.25, 0.3) is 0 Å². The number of benzene rings is 1. The molecule has 1 N–H and O–H groups in total. The number of hydrogen-bond donors (Lipinski definition) is 1. The summed E-state index contributed by atoms with van der Waals surface area (Å²) in [6.45, 7) is 5.25. The summed E-state index contributed by atoms with van der Waals surface area (Å²) in [4.78, 5) is 2.30. The SMILES string of the molecule is COCOc1cc(C)ccc1OCC(O)CN1CCCCC1. The monoisotopic (exact) mass is 309 g/mol. The lowest BCUT2D eigenvalue weighted by atomic mass is 10.1. The Morgan fingerprint density at radius 2 is 1.91 bits per heavy atom. The van der Waals surface area contributed by atoms with Gasteiger partial charge in [-0.2, -0.15) is 0 Å². The third-order valence-corrected chi connectivity index (χ3v) is 3.78. The Labute approximate surface area is 132 Å². The highest BCUT2D eigenvalue weighted by Crippen LogP contribution is 2.28. The van der Waals surface area contributed by atoms with Gasteiger partial charge in [0.25, 0.3) is 0 Å². The van der Waals surface area contributed by atoms with Crippen molar-refractivity contribution in [3.8, 4) is 11.5 Å². The fraction of sp³-hybridized carbons (Fsp3) is 0.647. The van der Waals surface area contributed by atoms with E-state index >= 15 is 0 Å². The largest absolute Gasteiger partial charge is 0.487 e. The average Bonchev–Trinajstić information content (AvgIpc) is 2.53. The molecular weight excluding hydrogens is 282 g/mol. The van der Waals surface area contributed by atoms with Gasteiger partial charge >= 0.3 is 0 Å². The Morgan fingerprint density at radius 3 is 2.64 bits per heavy atom. The summed E-state index contributed by atoms with van der Waals surface area (Å²) in [6, 6.07) is 5.74. The van der Waals surface area contributed by atoms with E-state index in [4.69, 9.17) is 14.2 Å². The lowest BCUT2D eigenvalue weighted by Gasteiger charge is -2.28. The van der Waals surface area contributed by atoms with Crippen LogP contribution in [0.2, 0.25) is 0 Å². The van der Waals surface area contributed by atoms with E-state index in [1.54, 1.807) is 7.11 Å². The summed E-state index contributed by atoms with van der Waals surface area (Å²) in [7, 11) is 1.58. The molecule has 1 aromatic carbocycles. The van der Waals surface area contributed by atoms with E-state index in [0.29, 0.717) is 18.0 Å². The zero-order valence-electron chi connectivity index (χ0n) is 13.6. The van der Waals surface area contributed by atoms with Crippen LogP contribution in [-0.4, -0.2) is 56.3 Å². The maximum atomic E-state index is 10.2. The number of likely N-dealkylation sites (tertiary alicyclic amines) is 1. The number of nitrogens with zero attached hydrogens (tertiary/aromatic N) is 1. The summed E-state index contributed by atoms with van der Waals surface area (Å²) in [5.41, 5.74) is 1.09. The van der Waals surface area contributed by atoms with Gasteiger partial charge < -0.3 is 24.2 Å². The second-order valence-electron chi connectivity index (χ2n) is 5.83. The number of rotatable bonds is 8. The van der Waals surface area contributed by atoms with Gasteiger partial charge in [0.2, 0.25) is 0 Å². The number of piperidine rings is 1. The molecule has 0 bridgehead atoms. The van der Waals surface area contributed by atoms with E-state index in [2.05, 4.69) is 4.90 Å². The first-order valence-corrected chi connectivity index (χ1v) is 7.94. The Kier molecular flexibility index (Phi) is 6.96. The van der Waals surface area contributed by atoms with Crippen molar-refractivity contribution in [3.05, 3.63) is 23.8 Å². The fourth-order valence-corrected chi connectivity index (χ4v) is 2.65. The predicted octanol–water partition coefficient (Wildman–Crippen LogP) is 2.20. The average molecular weight is 309 g/mol. The maximum absolute atomic E-state index is 10.2. The van der Waals surface area contributed by atoms with Gasteiger partial charge in [-0.05, 0) is 50.6 Å². The van der Waals surface area contributed by atoms with Crippen molar-refractivity contribution >= 4 is 0 Å². The highest BCUT2D eigenvalue weighted by atomic mass is 16.7. The standard InChI is InChI=1S/C17H27NO4/c1-14-6-7-16(17(10-14)22-13-20-2)21-12-15(19)11-18-8-4-3-5-9-18/h6-7,10,15,19H,3-5,8-9,11-13H2,1-2H3. The first-order valence-electron chi connectivity index (χ1n) is 7.94. The van der Waals surface area contributed by atoms with Crippen molar-refractivity contribution in [3.63, 3.8) is 0 Å². The van der Waals surface area contributed by atoms with E-state index in [9.17, 15) is 5.11 Å². The highest BCUT2D eigenvalue weighted by Gasteiger charge is 2.16. The van der Waals surface area contributed by atoms with Crippen LogP contribution in [0.3, 0.4) is 0 Å². The minimum atomic E-state index is -0.491. The third-order valence-electron chi connectivity index (χ3n) is 3.78. The Bertz CT molecular complexity index is 446. The molecule has 1 saturated heterocycles. The topological polar surface area (TPSA) is 51.2 Å². The Hall–Kier alpha value is -1.30. The molecule has 0 aliphatic carbocycles. The van der Waals surface area contributed by atoms with Crippen LogP contribution in [0.15, 0.2) is 18.2 Å². The highest BCUT2D eigenvalue weighted by molar-refractivity contribution is 5.42. The number of methoxy groups -OCH3 is 1. The smallest absolute Gasteiger partial charge is 0.188 e. The van der Waals surface area contributed by atoms with E-state index in [1.165, 1.54) is 19.3 Å². The second kappa shape index (κ2) is 8.98. The summed E-state index contributed by atoms with van der Waals surface area (Å²) in [6.07, 6.45) is 3.25. The van der Waals surface area contributed by atoms with Gasteiger partial charge in [0.15, 0.2) is 18.3 Å². The van der Waals surface area contributed by atoms with Crippen molar-refractivity contribution in [2.24, 2.45) is 0 Å². The number of aliphatic hydroxyl groups is 1. The molecule has 1 heterocycles. The van der Waals surface area contributed by atoms with Gasteiger partial charge in [-0.25, -0.2) is 0 Å². The fourth-order valence-electron chi connectivity index (χ4n) is 2.65. The number of aliphatic hydroxyl groups excluding tert-OH is 1. The predicted molar refractivity (Wildman–Crippen MR) is 85.5 cm³/mol. The first-order chi connectivity index (χ1) is 10.7. The Morgan fingerprint density at radius 1 is 1.14 bits per heavy atom. The van der Waals surface area contributed by atoms with Gasteiger partial charge in [-0.15, -0.1) is 0 Å². The molecule has 0 radical (unpaired) electrons. The van der Waals surface area contributed by atoms with Crippen molar-refractivity contribution < 1.29 is 19.3 Å². The lowest BCUT2D eigenvalue weighted by Crippen LogP contribution is -2.38. The minimum absolute atomic E-state index is 0.177. The molecule has 1 aromatic rings. The van der Waals surface area contributed by atoms with Crippen molar-refractivity contribution in [2.75, 3.05) is 40.1 Å². The van der Waals surface area contributed by atoms with E-state index in [1.807, 2.05) is 25.1 Å². The number of ether oxygens (including phenoxy) is 3. The molecule has 2 rings (SSSR count). The van der Waals surface area contributed by atoms with E-state index < -0.39 is 6.10 Å². The molecule has 124 valence electrons. The van der Waals surface area contributed by atoms with Crippen molar-refractivity contribution in [2.45, 2.75) is 32.3 Å². The van der Waals surface area contributed by atoms with Crippen molar-refractivity contribution in [1.29, 1.82) is 0 Å². The first kappa shape index (κ1) is 17.1. The maximum Gasteiger partial charge on any atom is 0.188 e. The summed E-state index contributed by atoms with van der Waals surface area (Å²) in [5, 5.41) is 10.2. The quantitative estimate of drug-likeness (QED) is 0.746. The second-order valence-corrected chi connectivity index (χ2v) is 5.83. The van der Waals surface area contributed by atoms with Crippen LogP contribution in [0, 0.1) is 6.92 Å². The van der Waals surface area contributed by atoms with Gasteiger partial charge in [-0.1, -0.05) is 12.5 Å². The van der Waals surface area contributed by atoms with Crippen molar-refractivity contribution in [1.82, 2.24) is 4.90 Å². The molecule has 5 heteroatoms. The molecule has 0 aromatic heterocycles. The van der Waals surface area contributed by atoms with E-state index in [-0.39, 0.29) is 13.4 Å². The zero-order chi connectivity index (χ0) is 15.8. The van der Waals surface area contributed by atoms with Gasteiger partial charge in [0, 0.05) is 13.7 Å². The molecule has 0 amide bonds. The molecule has 22 heavy (non-hydrogen) atoms. The molecule has 5 nitrogen and oxygen atoms in total. The summed E-state index contributed by atoms with van der Waals surface area (Å²) >= 11 is 0. The number of hydrogen-bond acceptors (Lipinski definition) is 5.